The summed E-state index contributed by atoms with van der Waals surface area (Å²) in [6.45, 7) is 0.234. The van der Waals surface area contributed by atoms with Crippen molar-refractivity contribution in [2.75, 3.05) is 12.3 Å². The van der Waals surface area contributed by atoms with E-state index in [1.807, 2.05) is 0 Å². The van der Waals surface area contributed by atoms with E-state index in [-0.39, 0.29) is 12.3 Å². The van der Waals surface area contributed by atoms with Crippen molar-refractivity contribution in [1.29, 1.82) is 0 Å². The highest BCUT2D eigenvalue weighted by Crippen LogP contribution is 2.18. The maximum atomic E-state index is 11.9. The van der Waals surface area contributed by atoms with Crippen molar-refractivity contribution >= 4 is 11.8 Å². The van der Waals surface area contributed by atoms with Gasteiger partial charge in [0.05, 0.1) is 0 Å². The largest absolute Gasteiger partial charge is 0.330 e. The lowest BCUT2D eigenvalue weighted by atomic mass is 10.8. The summed E-state index contributed by atoms with van der Waals surface area (Å²) in [5.41, 5.74) is 2.87. The molecule has 0 aromatic carbocycles. The fourth-order valence-corrected chi connectivity index (χ4v) is 0.760. The Labute approximate surface area is 55.8 Å². The van der Waals surface area contributed by atoms with Gasteiger partial charge in [-0.15, -0.1) is 11.8 Å². The van der Waals surface area contributed by atoms with E-state index in [4.69, 9.17) is 5.73 Å². The predicted molar refractivity (Wildman–Crippen MR) is 32.4 cm³/mol. The van der Waals surface area contributed by atoms with Crippen molar-refractivity contribution in [1.82, 2.24) is 0 Å². The second-order valence-corrected chi connectivity index (χ2v) is 2.54. The van der Waals surface area contributed by atoms with Crippen LogP contribution in [0.25, 0.3) is 0 Å². The summed E-state index contributed by atoms with van der Waals surface area (Å²) >= 11 is 0.543. The van der Waals surface area contributed by atoms with Crippen LogP contribution < -0.4 is 5.73 Å². The minimum atomic E-state index is -2.89. The summed E-state index contributed by atoms with van der Waals surface area (Å²) < 4.78 is 34.5. The van der Waals surface area contributed by atoms with Crippen LogP contribution in [0.2, 0.25) is 0 Å². The normalized spacial score (nSPS) is 14.3. The number of hydrogen-bond acceptors (Lipinski definition) is 2. The third-order valence-electron chi connectivity index (χ3n) is 0.593. The van der Waals surface area contributed by atoms with Crippen molar-refractivity contribution in [2.24, 2.45) is 5.73 Å². The van der Waals surface area contributed by atoms with Gasteiger partial charge in [0.1, 0.15) is 0 Å². The van der Waals surface area contributed by atoms with Crippen LogP contribution in [0.15, 0.2) is 0 Å². The van der Waals surface area contributed by atoms with Crippen LogP contribution in [0.1, 0.15) is 0 Å². The predicted octanol–water partition coefficient (Wildman–Crippen LogP) is 1.24. The molecular weight excluding hydrogens is 151 g/mol. The molecule has 0 saturated heterocycles. The van der Waals surface area contributed by atoms with Crippen LogP contribution in [-0.4, -0.2) is 24.2 Å². The van der Waals surface area contributed by atoms with Gasteiger partial charge in [-0.3, -0.25) is 0 Å². The molecule has 0 bridgehead atoms. The van der Waals surface area contributed by atoms with Crippen LogP contribution in [0, 0.1) is 0 Å². The van der Waals surface area contributed by atoms with Gasteiger partial charge in [-0.05, 0) is 0 Å². The Bertz CT molecular complexity index is 70.8. The number of halogens is 3. The smallest absolute Gasteiger partial charge is 0.278 e. The molecule has 0 spiro atoms. The Morgan fingerprint density at radius 2 is 1.89 bits per heavy atom. The molecule has 0 aromatic heterocycles. The zero-order chi connectivity index (χ0) is 7.28. The third kappa shape index (κ3) is 4.59. The van der Waals surface area contributed by atoms with Crippen LogP contribution in [-0.2, 0) is 0 Å². The van der Waals surface area contributed by atoms with E-state index in [1.165, 1.54) is 0 Å². The average Bonchev–Trinajstić information content (AvgIpc) is 1.82. The molecule has 0 aliphatic rings. The SMILES string of the molecule is NCCSC(F)C(F)F. The first-order valence-electron chi connectivity index (χ1n) is 2.42. The molecule has 0 aliphatic heterocycles. The standard InChI is InChI=1S/C4H8F3NS/c5-3(6)4(7)9-2-1-8/h3-4H,1-2,8H2. The fraction of sp³-hybridized carbons (Fsp3) is 1.00. The van der Waals surface area contributed by atoms with Crippen LogP contribution in [0.4, 0.5) is 13.2 Å². The summed E-state index contributed by atoms with van der Waals surface area (Å²) in [6, 6.07) is 0. The quantitative estimate of drug-likeness (QED) is 0.667. The molecule has 0 fully saturated rings. The van der Waals surface area contributed by atoms with Crippen LogP contribution >= 0.6 is 11.8 Å². The Morgan fingerprint density at radius 3 is 2.22 bits per heavy atom. The van der Waals surface area contributed by atoms with Crippen molar-refractivity contribution in [3.63, 3.8) is 0 Å². The molecule has 0 rings (SSSR count). The lowest BCUT2D eigenvalue weighted by Crippen LogP contribution is -2.11. The van der Waals surface area contributed by atoms with Crippen molar-refractivity contribution in [3.8, 4) is 0 Å². The van der Waals surface area contributed by atoms with Crippen LogP contribution in [0.3, 0.4) is 0 Å². The molecule has 56 valence electrons. The molecule has 1 nitrogen and oxygen atoms in total. The Hall–Kier alpha value is 0.100. The van der Waals surface area contributed by atoms with Gasteiger partial charge in [-0.1, -0.05) is 0 Å². The van der Waals surface area contributed by atoms with E-state index in [9.17, 15) is 13.2 Å². The number of alkyl halides is 3. The highest BCUT2D eigenvalue weighted by molar-refractivity contribution is 7.99. The number of thioether (sulfide) groups is 1. The minimum Gasteiger partial charge on any atom is -0.330 e. The molecule has 0 amide bonds. The van der Waals surface area contributed by atoms with Gasteiger partial charge < -0.3 is 5.73 Å². The first-order chi connectivity index (χ1) is 4.18. The molecule has 1 atom stereocenters. The molecular formula is C4H8F3NS. The first kappa shape index (κ1) is 9.10. The number of hydrogen-bond donors (Lipinski definition) is 1. The van der Waals surface area contributed by atoms with E-state index >= 15 is 0 Å². The van der Waals surface area contributed by atoms with Crippen molar-refractivity contribution < 1.29 is 13.2 Å². The molecule has 1 unspecified atom stereocenters. The molecule has 0 saturated carbocycles. The van der Waals surface area contributed by atoms with Gasteiger partial charge in [0, 0.05) is 12.3 Å². The van der Waals surface area contributed by atoms with Gasteiger partial charge in [0.15, 0.2) is 0 Å². The van der Waals surface area contributed by atoms with Gasteiger partial charge in [0.25, 0.3) is 6.43 Å². The van der Waals surface area contributed by atoms with E-state index in [1.54, 1.807) is 0 Å². The maximum Gasteiger partial charge on any atom is 0.278 e. The molecule has 0 heterocycles. The molecule has 9 heavy (non-hydrogen) atoms. The van der Waals surface area contributed by atoms with Gasteiger partial charge in [-0.2, -0.15) is 0 Å². The van der Waals surface area contributed by atoms with Crippen molar-refractivity contribution in [3.05, 3.63) is 0 Å². The monoisotopic (exact) mass is 159 g/mol. The summed E-state index contributed by atoms with van der Waals surface area (Å²) in [6.07, 6.45) is -2.89. The fourth-order valence-electron chi connectivity index (χ4n) is 0.253. The summed E-state index contributed by atoms with van der Waals surface area (Å²) in [5.74, 6) is 0.242. The maximum absolute atomic E-state index is 11.9. The lowest BCUT2D eigenvalue weighted by Gasteiger charge is -2.03. The van der Waals surface area contributed by atoms with Crippen molar-refractivity contribution in [2.45, 2.75) is 11.9 Å². The molecule has 2 N–H and O–H groups in total. The van der Waals surface area contributed by atoms with Gasteiger partial charge >= 0.3 is 0 Å². The zero-order valence-corrected chi connectivity index (χ0v) is 5.50. The second-order valence-electron chi connectivity index (χ2n) is 1.35. The molecule has 0 aromatic rings. The second kappa shape index (κ2) is 4.93. The lowest BCUT2D eigenvalue weighted by molar-refractivity contribution is 0.0953. The summed E-state index contributed by atoms with van der Waals surface area (Å²) in [4.78, 5) is 0. The van der Waals surface area contributed by atoms with E-state index in [0.29, 0.717) is 11.8 Å². The van der Waals surface area contributed by atoms with E-state index in [2.05, 4.69) is 0 Å². The molecule has 0 radical (unpaired) electrons. The van der Waals surface area contributed by atoms with E-state index < -0.39 is 11.9 Å². The molecule has 0 aliphatic carbocycles. The summed E-state index contributed by atoms with van der Waals surface area (Å²) in [5, 5.41) is 0. The number of rotatable bonds is 4. The molecule has 5 heteroatoms. The topological polar surface area (TPSA) is 26.0 Å². The Morgan fingerprint density at radius 1 is 1.33 bits per heavy atom. The van der Waals surface area contributed by atoms with Crippen LogP contribution in [0.5, 0.6) is 0 Å². The Balaban J connectivity index is 3.16. The van der Waals surface area contributed by atoms with Gasteiger partial charge in [0.2, 0.25) is 5.50 Å². The van der Waals surface area contributed by atoms with Gasteiger partial charge in [-0.25, -0.2) is 13.2 Å². The number of nitrogens with two attached hydrogens (primary N) is 1. The zero-order valence-electron chi connectivity index (χ0n) is 4.69. The van der Waals surface area contributed by atoms with E-state index in [0.717, 1.165) is 0 Å². The highest BCUT2D eigenvalue weighted by Gasteiger charge is 2.18. The first-order valence-corrected chi connectivity index (χ1v) is 3.47. The average molecular weight is 159 g/mol. The third-order valence-corrected chi connectivity index (χ3v) is 1.59. The highest BCUT2D eigenvalue weighted by atomic mass is 32.2. The minimum absolute atomic E-state index is 0.234. The summed E-state index contributed by atoms with van der Waals surface area (Å²) in [7, 11) is 0. The Kier molecular flexibility index (Phi) is 4.99.